The number of hydrogen-bond donors (Lipinski definition) is 1. The van der Waals surface area contributed by atoms with Crippen LogP contribution in [-0.4, -0.2) is 6.61 Å². The van der Waals surface area contributed by atoms with Gasteiger partial charge in [0.2, 0.25) is 0 Å². The van der Waals surface area contributed by atoms with E-state index in [1.165, 1.54) is 16.0 Å². The van der Waals surface area contributed by atoms with Crippen molar-refractivity contribution in [2.75, 3.05) is 12.3 Å². The molecular weight excluding hydrogens is 242 g/mol. The first-order valence-electron chi connectivity index (χ1n) is 6.15. The van der Waals surface area contributed by atoms with Gasteiger partial charge in [-0.3, -0.25) is 0 Å². The second kappa shape index (κ2) is 5.44. The van der Waals surface area contributed by atoms with Gasteiger partial charge in [-0.05, 0) is 42.2 Å². The quantitative estimate of drug-likeness (QED) is 0.888. The highest BCUT2D eigenvalue weighted by Gasteiger charge is 2.06. The number of hydrogen-bond acceptors (Lipinski definition) is 3. The zero-order valence-corrected chi connectivity index (χ0v) is 11.9. The van der Waals surface area contributed by atoms with E-state index in [1.807, 2.05) is 18.2 Å². The van der Waals surface area contributed by atoms with Gasteiger partial charge >= 0.3 is 0 Å². The lowest BCUT2D eigenvalue weighted by Gasteiger charge is -2.09. The van der Waals surface area contributed by atoms with Crippen molar-refractivity contribution in [1.29, 1.82) is 0 Å². The molecule has 0 fully saturated rings. The summed E-state index contributed by atoms with van der Waals surface area (Å²) in [5.74, 6) is 1.47. The number of rotatable bonds is 4. The maximum absolute atomic E-state index is 5.82. The molecule has 18 heavy (non-hydrogen) atoms. The lowest BCUT2D eigenvalue weighted by Crippen LogP contribution is -2.04. The third-order valence-corrected chi connectivity index (χ3v) is 3.57. The fourth-order valence-corrected chi connectivity index (χ4v) is 2.60. The molecule has 0 amide bonds. The number of ether oxygens (including phenoxy) is 1. The van der Waals surface area contributed by atoms with Crippen LogP contribution < -0.4 is 10.5 Å². The van der Waals surface area contributed by atoms with Crippen molar-refractivity contribution in [2.45, 2.75) is 20.8 Å². The summed E-state index contributed by atoms with van der Waals surface area (Å²) in [6.07, 6.45) is 0. The minimum Gasteiger partial charge on any atom is -0.493 e. The van der Waals surface area contributed by atoms with E-state index >= 15 is 0 Å². The molecule has 0 radical (unpaired) electrons. The zero-order valence-electron chi connectivity index (χ0n) is 11.1. The SMILES string of the molecule is Cc1sc(N)cc1-c1ccc(OCC(C)C)cc1. The van der Waals surface area contributed by atoms with E-state index in [0.29, 0.717) is 5.92 Å². The van der Waals surface area contributed by atoms with E-state index in [2.05, 4.69) is 32.9 Å². The maximum atomic E-state index is 5.82. The smallest absolute Gasteiger partial charge is 0.119 e. The van der Waals surface area contributed by atoms with Crippen molar-refractivity contribution in [3.63, 3.8) is 0 Å². The molecule has 0 aliphatic carbocycles. The lowest BCUT2D eigenvalue weighted by atomic mass is 10.1. The predicted molar refractivity (Wildman–Crippen MR) is 79.2 cm³/mol. The third-order valence-electron chi connectivity index (χ3n) is 2.69. The molecule has 96 valence electrons. The van der Waals surface area contributed by atoms with Gasteiger partial charge in [0.1, 0.15) is 5.75 Å². The Balaban J connectivity index is 2.15. The number of nitrogen functional groups attached to an aromatic ring is 1. The maximum Gasteiger partial charge on any atom is 0.119 e. The first kappa shape index (κ1) is 13.0. The topological polar surface area (TPSA) is 35.2 Å². The van der Waals surface area contributed by atoms with Crippen molar-refractivity contribution >= 4 is 16.3 Å². The van der Waals surface area contributed by atoms with Gasteiger partial charge in [0.05, 0.1) is 11.6 Å². The lowest BCUT2D eigenvalue weighted by molar-refractivity contribution is 0.271. The first-order chi connectivity index (χ1) is 8.56. The van der Waals surface area contributed by atoms with Crippen LogP contribution >= 0.6 is 11.3 Å². The van der Waals surface area contributed by atoms with E-state index in [-0.39, 0.29) is 0 Å². The standard InChI is InChI=1S/C15H19NOS/c1-10(2)9-17-13-6-4-12(5-7-13)14-8-15(16)18-11(14)3/h4-8,10H,9,16H2,1-3H3. The molecule has 0 saturated carbocycles. The first-order valence-corrected chi connectivity index (χ1v) is 6.97. The molecule has 1 aromatic carbocycles. The van der Waals surface area contributed by atoms with Crippen LogP contribution in [-0.2, 0) is 0 Å². The van der Waals surface area contributed by atoms with E-state index in [0.717, 1.165) is 17.4 Å². The summed E-state index contributed by atoms with van der Waals surface area (Å²) in [5, 5.41) is 0.864. The van der Waals surface area contributed by atoms with Gasteiger partial charge in [0, 0.05) is 4.88 Å². The Bertz CT molecular complexity index is 514. The largest absolute Gasteiger partial charge is 0.493 e. The molecule has 0 aliphatic heterocycles. The molecule has 0 atom stereocenters. The van der Waals surface area contributed by atoms with Gasteiger partial charge < -0.3 is 10.5 Å². The average molecular weight is 261 g/mol. The second-order valence-electron chi connectivity index (χ2n) is 4.85. The molecule has 3 heteroatoms. The second-order valence-corrected chi connectivity index (χ2v) is 6.14. The molecule has 1 heterocycles. The molecule has 0 aliphatic rings. The van der Waals surface area contributed by atoms with Crippen molar-refractivity contribution < 1.29 is 4.74 Å². The summed E-state index contributed by atoms with van der Waals surface area (Å²) in [4.78, 5) is 1.25. The summed E-state index contributed by atoms with van der Waals surface area (Å²) < 4.78 is 5.67. The van der Waals surface area contributed by atoms with Gasteiger partial charge in [-0.1, -0.05) is 26.0 Å². The Morgan fingerprint density at radius 2 is 1.89 bits per heavy atom. The summed E-state index contributed by atoms with van der Waals surface area (Å²) >= 11 is 1.63. The van der Waals surface area contributed by atoms with Crippen LogP contribution in [0.25, 0.3) is 11.1 Å². The molecule has 0 bridgehead atoms. The Kier molecular flexibility index (Phi) is 3.92. The van der Waals surface area contributed by atoms with Gasteiger partial charge in [0.15, 0.2) is 0 Å². The van der Waals surface area contributed by atoms with Gasteiger partial charge in [-0.2, -0.15) is 0 Å². The molecule has 0 unspecified atom stereocenters. The Morgan fingerprint density at radius 3 is 2.39 bits per heavy atom. The molecule has 1 aromatic heterocycles. The fourth-order valence-electron chi connectivity index (χ4n) is 1.79. The molecule has 2 N–H and O–H groups in total. The molecule has 2 aromatic rings. The molecule has 0 saturated heterocycles. The van der Waals surface area contributed by atoms with E-state index in [9.17, 15) is 0 Å². The van der Waals surface area contributed by atoms with E-state index in [4.69, 9.17) is 10.5 Å². The fraction of sp³-hybridized carbons (Fsp3) is 0.333. The minimum atomic E-state index is 0.545. The van der Waals surface area contributed by atoms with Crippen LogP contribution in [0.2, 0.25) is 0 Å². The van der Waals surface area contributed by atoms with Crippen molar-refractivity contribution in [2.24, 2.45) is 5.92 Å². The monoisotopic (exact) mass is 261 g/mol. The normalized spacial score (nSPS) is 10.9. The van der Waals surface area contributed by atoms with Crippen LogP contribution in [0.15, 0.2) is 30.3 Å². The van der Waals surface area contributed by atoms with Crippen LogP contribution in [0.5, 0.6) is 5.75 Å². The van der Waals surface area contributed by atoms with Crippen LogP contribution in [0.3, 0.4) is 0 Å². The average Bonchev–Trinajstić information content (AvgIpc) is 2.66. The minimum absolute atomic E-state index is 0.545. The van der Waals surface area contributed by atoms with Crippen LogP contribution in [0.1, 0.15) is 18.7 Å². The third kappa shape index (κ3) is 3.05. The van der Waals surface area contributed by atoms with Gasteiger partial charge in [-0.15, -0.1) is 11.3 Å². The van der Waals surface area contributed by atoms with E-state index in [1.54, 1.807) is 11.3 Å². The highest BCUT2D eigenvalue weighted by Crippen LogP contribution is 2.33. The van der Waals surface area contributed by atoms with Gasteiger partial charge in [-0.25, -0.2) is 0 Å². The van der Waals surface area contributed by atoms with Crippen molar-refractivity contribution in [1.82, 2.24) is 0 Å². The molecule has 0 spiro atoms. The number of aryl methyl sites for hydroxylation is 1. The Morgan fingerprint density at radius 1 is 1.22 bits per heavy atom. The highest BCUT2D eigenvalue weighted by atomic mass is 32.1. The summed E-state index contributed by atoms with van der Waals surface area (Å²) in [6.45, 7) is 7.14. The number of anilines is 1. The van der Waals surface area contributed by atoms with Crippen LogP contribution in [0, 0.1) is 12.8 Å². The summed E-state index contributed by atoms with van der Waals surface area (Å²) in [7, 11) is 0. The Hall–Kier alpha value is -1.48. The number of nitrogens with two attached hydrogens (primary N) is 1. The van der Waals surface area contributed by atoms with Crippen molar-refractivity contribution in [3.05, 3.63) is 35.2 Å². The van der Waals surface area contributed by atoms with Gasteiger partial charge in [0.25, 0.3) is 0 Å². The summed E-state index contributed by atoms with van der Waals surface area (Å²) in [5.41, 5.74) is 8.23. The molecule has 2 rings (SSSR count). The molecular formula is C15H19NOS. The predicted octanol–water partition coefficient (Wildman–Crippen LogP) is 4.34. The van der Waals surface area contributed by atoms with E-state index < -0.39 is 0 Å². The van der Waals surface area contributed by atoms with Crippen LogP contribution in [0.4, 0.5) is 5.00 Å². The summed E-state index contributed by atoms with van der Waals surface area (Å²) in [6, 6.07) is 10.2. The highest BCUT2D eigenvalue weighted by molar-refractivity contribution is 7.16. The number of benzene rings is 1. The zero-order chi connectivity index (χ0) is 13.1. The molecule has 2 nitrogen and oxygen atoms in total. The Labute approximate surface area is 112 Å². The van der Waals surface area contributed by atoms with Crippen molar-refractivity contribution in [3.8, 4) is 16.9 Å². The number of thiophene rings is 1.